The first-order valence-corrected chi connectivity index (χ1v) is 19.0. The van der Waals surface area contributed by atoms with E-state index in [1.807, 2.05) is 40.4 Å². The molecule has 5 nitrogen and oxygen atoms in total. The van der Waals surface area contributed by atoms with Gasteiger partial charge in [0.25, 0.3) is 0 Å². The van der Waals surface area contributed by atoms with Gasteiger partial charge in [-0.1, -0.05) is 125 Å². The van der Waals surface area contributed by atoms with E-state index in [2.05, 4.69) is 111 Å². The minimum absolute atomic E-state index is 0.0195. The van der Waals surface area contributed by atoms with Gasteiger partial charge in [-0.2, -0.15) is 0 Å². The van der Waals surface area contributed by atoms with Crippen LogP contribution in [0.1, 0.15) is 49.3 Å². The monoisotopic (exact) mass is 611 g/mol. The zero-order chi connectivity index (χ0) is 29.7. The number of carbonyl (C=O) groups excluding carboxylic acids is 1. The zero-order valence-electron chi connectivity index (χ0n) is 24.6. The number of carbonyl (C=O) groups is 1. The predicted molar refractivity (Wildman–Crippen MR) is 176 cm³/mol. The largest absolute Gasteiger partial charge is 0.386 e. The van der Waals surface area contributed by atoms with Crippen molar-refractivity contribution in [1.82, 2.24) is 14.0 Å². The molecule has 3 atom stereocenters. The van der Waals surface area contributed by atoms with Gasteiger partial charge in [0, 0.05) is 17.8 Å². The first kappa shape index (κ1) is 28.9. The van der Waals surface area contributed by atoms with Crippen LogP contribution < -0.4 is 0 Å². The second kappa shape index (κ2) is 10.8. The van der Waals surface area contributed by atoms with E-state index in [1.54, 1.807) is 11.8 Å². The number of aliphatic hydroxyl groups is 1. The predicted octanol–water partition coefficient (Wildman–Crippen LogP) is 7.94. The molecule has 3 unspecified atom stereocenters. The van der Waals surface area contributed by atoms with Crippen LogP contribution in [0.4, 0.5) is 0 Å². The summed E-state index contributed by atoms with van der Waals surface area (Å²) in [6.07, 6.45) is 2.79. The van der Waals surface area contributed by atoms with E-state index in [0.29, 0.717) is 5.69 Å². The van der Waals surface area contributed by atoms with Gasteiger partial charge in [0.05, 0.1) is 21.7 Å². The number of hydrogen-bond donors (Lipinski definition) is 1. The maximum Gasteiger partial charge on any atom is 0.224 e. The Bertz CT molecular complexity index is 1550. The van der Waals surface area contributed by atoms with Crippen LogP contribution in [0.5, 0.6) is 0 Å². The molecule has 1 saturated heterocycles. The molecular formula is C34H37N3O2S2Si. The summed E-state index contributed by atoms with van der Waals surface area (Å²) < 4.78 is 3.46. The molecule has 3 heterocycles. The van der Waals surface area contributed by atoms with Crippen LogP contribution in [0.3, 0.4) is 0 Å². The van der Waals surface area contributed by atoms with Gasteiger partial charge in [-0.05, 0) is 21.7 Å². The number of hydrogen-bond acceptors (Lipinski definition) is 5. The molecule has 0 bridgehead atoms. The highest BCUT2D eigenvalue weighted by atomic mass is 32.2. The van der Waals surface area contributed by atoms with Crippen LogP contribution in [-0.2, 0) is 9.54 Å². The lowest BCUT2D eigenvalue weighted by Gasteiger charge is -2.60. The van der Waals surface area contributed by atoms with E-state index in [0.717, 1.165) is 21.7 Å². The van der Waals surface area contributed by atoms with Gasteiger partial charge >= 0.3 is 0 Å². The third kappa shape index (κ3) is 4.65. The van der Waals surface area contributed by atoms with Gasteiger partial charge in [-0.25, -0.2) is 4.98 Å². The summed E-state index contributed by atoms with van der Waals surface area (Å²) in [7, 11) is -2.33. The molecule has 3 aromatic carbocycles. The lowest BCUT2D eigenvalue weighted by atomic mass is 9.84. The van der Waals surface area contributed by atoms with Crippen molar-refractivity contribution in [3.05, 3.63) is 131 Å². The number of amides is 1. The zero-order valence-corrected chi connectivity index (χ0v) is 27.3. The Hall–Kier alpha value is -3.17. The smallest absolute Gasteiger partial charge is 0.224 e. The minimum Gasteiger partial charge on any atom is -0.386 e. The molecule has 1 amide bonds. The molecule has 216 valence electrons. The highest BCUT2D eigenvalue weighted by Crippen LogP contribution is 2.58. The van der Waals surface area contributed by atoms with E-state index >= 15 is 0 Å². The summed E-state index contributed by atoms with van der Waals surface area (Å²) in [6, 6.07) is 31.7. The van der Waals surface area contributed by atoms with Crippen molar-refractivity contribution >= 4 is 42.2 Å². The standard InChI is InChI=1S/C34H37N3O2S2Si/c1-33(2,3)42(4,5)37-30(39)28(29(38)27-23-36-21-22-40-32(36)35-27)31(37)41-34(24-15-9-6-10-16-24,25-17-11-7-12-18-25)26-19-13-8-14-20-26/h6-23,28-29,31,38H,1-5H3. The fraction of sp³-hybridized carbons (Fsp3) is 0.294. The van der Waals surface area contributed by atoms with Crippen molar-refractivity contribution in [2.75, 3.05) is 0 Å². The number of thioether (sulfide) groups is 1. The van der Waals surface area contributed by atoms with Crippen molar-refractivity contribution in [2.45, 2.75) is 55.1 Å². The SMILES string of the molecule is CC(C)(C)[Si](C)(C)N1C(=O)C(C(O)c2cn3ccsc3n2)C1SC(c1ccccc1)(c1ccccc1)c1ccccc1. The second-order valence-corrected chi connectivity index (χ2v) is 19.8. The molecule has 1 N–H and O–H groups in total. The van der Waals surface area contributed by atoms with Crippen molar-refractivity contribution in [2.24, 2.45) is 5.92 Å². The average Bonchev–Trinajstić information content (AvgIpc) is 3.59. The third-order valence-electron chi connectivity index (χ3n) is 9.12. The number of imidazole rings is 1. The Labute approximate surface area is 257 Å². The first-order valence-electron chi connectivity index (χ1n) is 14.3. The number of fused-ring (bicyclic) bond motifs is 1. The van der Waals surface area contributed by atoms with Gasteiger partial charge in [-0.15, -0.1) is 23.1 Å². The van der Waals surface area contributed by atoms with E-state index in [4.69, 9.17) is 4.98 Å². The Morgan fingerprint density at radius 1 is 0.881 bits per heavy atom. The summed E-state index contributed by atoms with van der Waals surface area (Å²) >= 11 is 3.30. The van der Waals surface area contributed by atoms with Crippen LogP contribution >= 0.6 is 23.1 Å². The molecule has 1 aliphatic heterocycles. The molecule has 0 spiro atoms. The number of aliphatic hydroxyl groups excluding tert-OH is 1. The Kier molecular flexibility index (Phi) is 7.46. The Morgan fingerprint density at radius 3 is 1.83 bits per heavy atom. The van der Waals surface area contributed by atoms with E-state index in [1.165, 1.54) is 11.3 Å². The van der Waals surface area contributed by atoms with Crippen molar-refractivity contribution in [1.29, 1.82) is 0 Å². The molecule has 42 heavy (non-hydrogen) atoms. The molecule has 1 aliphatic rings. The number of aromatic nitrogens is 2. The summed E-state index contributed by atoms with van der Waals surface area (Å²) in [5, 5.41) is 13.5. The van der Waals surface area contributed by atoms with Crippen LogP contribution in [0, 0.1) is 5.92 Å². The lowest BCUT2D eigenvalue weighted by molar-refractivity contribution is -0.150. The number of nitrogens with zero attached hydrogens (tertiary/aromatic N) is 3. The fourth-order valence-corrected chi connectivity index (χ4v) is 11.5. The molecule has 0 aliphatic carbocycles. The fourth-order valence-electron chi connectivity index (χ4n) is 5.83. The van der Waals surface area contributed by atoms with Crippen LogP contribution in [0.2, 0.25) is 18.1 Å². The van der Waals surface area contributed by atoms with Crippen LogP contribution in [0.15, 0.2) is 109 Å². The topological polar surface area (TPSA) is 57.8 Å². The van der Waals surface area contributed by atoms with Gasteiger partial charge in [0.1, 0.15) is 6.10 Å². The molecule has 2 aromatic heterocycles. The molecule has 0 radical (unpaired) electrons. The maximum atomic E-state index is 14.3. The van der Waals surface area contributed by atoms with Gasteiger partial charge in [0.2, 0.25) is 5.91 Å². The van der Waals surface area contributed by atoms with E-state index < -0.39 is 25.0 Å². The third-order valence-corrected chi connectivity index (χ3v) is 17.3. The Morgan fingerprint density at radius 2 is 1.38 bits per heavy atom. The van der Waals surface area contributed by atoms with Crippen molar-refractivity contribution < 1.29 is 9.90 Å². The van der Waals surface area contributed by atoms with Crippen LogP contribution in [0.25, 0.3) is 4.96 Å². The number of thiazole rings is 1. The number of β-lactam (4-membered cyclic amide) rings is 1. The van der Waals surface area contributed by atoms with E-state index in [9.17, 15) is 9.90 Å². The first-order chi connectivity index (χ1) is 20.1. The molecular weight excluding hydrogens is 575 g/mol. The number of benzene rings is 3. The quantitative estimate of drug-likeness (QED) is 0.110. The van der Waals surface area contributed by atoms with Gasteiger partial charge in [-0.3, -0.25) is 9.20 Å². The van der Waals surface area contributed by atoms with E-state index in [-0.39, 0.29) is 16.3 Å². The summed E-state index contributed by atoms with van der Waals surface area (Å²) in [5.74, 6) is -0.602. The Balaban J connectivity index is 1.54. The highest BCUT2D eigenvalue weighted by Gasteiger charge is 2.62. The van der Waals surface area contributed by atoms with Crippen LogP contribution in [-0.4, -0.2) is 38.6 Å². The molecule has 6 rings (SSSR count). The molecule has 8 heteroatoms. The second-order valence-electron chi connectivity index (χ2n) is 12.5. The van der Waals surface area contributed by atoms with Crippen molar-refractivity contribution in [3.8, 4) is 0 Å². The molecule has 1 fully saturated rings. The summed E-state index contributed by atoms with van der Waals surface area (Å²) in [4.78, 5) is 19.8. The maximum absolute atomic E-state index is 14.3. The minimum atomic E-state index is -2.33. The van der Waals surface area contributed by atoms with Crippen molar-refractivity contribution in [3.63, 3.8) is 0 Å². The molecule has 0 saturated carbocycles. The molecule has 5 aromatic rings. The number of rotatable bonds is 8. The summed E-state index contributed by atoms with van der Waals surface area (Å²) in [6.45, 7) is 11.3. The summed E-state index contributed by atoms with van der Waals surface area (Å²) in [5.41, 5.74) is 3.96. The lowest BCUT2D eigenvalue weighted by Crippen LogP contribution is -2.73. The average molecular weight is 612 g/mol. The van der Waals surface area contributed by atoms with Gasteiger partial charge < -0.3 is 9.67 Å². The normalized spacial score (nSPS) is 18.7. The van der Waals surface area contributed by atoms with Gasteiger partial charge in [0.15, 0.2) is 13.2 Å². The highest BCUT2D eigenvalue weighted by molar-refractivity contribution is 8.01.